The fraction of sp³-hybridized carbons (Fsp3) is 0.542. The summed E-state index contributed by atoms with van der Waals surface area (Å²) in [5, 5.41) is 0. The van der Waals surface area contributed by atoms with Crippen LogP contribution in [0.4, 0.5) is 13.2 Å². The van der Waals surface area contributed by atoms with Crippen LogP contribution < -0.4 is 10.3 Å². The van der Waals surface area contributed by atoms with Crippen molar-refractivity contribution in [2.45, 2.75) is 84.0 Å². The van der Waals surface area contributed by atoms with Gasteiger partial charge in [0.1, 0.15) is 11.4 Å². The van der Waals surface area contributed by atoms with Crippen LogP contribution in [0, 0.1) is 0 Å². The van der Waals surface area contributed by atoms with Crippen molar-refractivity contribution in [1.82, 2.24) is 4.57 Å². The average Bonchev–Trinajstić information content (AvgIpc) is 2.63. The topological polar surface area (TPSA) is 40.5 Å². The molecule has 3 rings (SSSR count). The van der Waals surface area contributed by atoms with Crippen LogP contribution in [0.25, 0.3) is 0 Å². The zero-order valence-corrected chi connectivity index (χ0v) is 20.7. The molecule has 0 saturated heterocycles. The molecule has 0 saturated carbocycles. The first-order valence-corrected chi connectivity index (χ1v) is 13.1. The molecule has 8 heteroatoms. The number of fused-ring (bicyclic) bond motifs is 1. The molecule has 1 aromatic heterocycles. The summed E-state index contributed by atoms with van der Waals surface area (Å²) in [4.78, 5) is 13.7. The van der Waals surface area contributed by atoms with Crippen molar-refractivity contribution in [3.05, 3.63) is 63.1 Å². The van der Waals surface area contributed by atoms with E-state index in [-0.39, 0.29) is 17.6 Å². The van der Waals surface area contributed by atoms with E-state index in [4.69, 9.17) is 9.16 Å². The van der Waals surface area contributed by atoms with Crippen molar-refractivity contribution in [1.29, 1.82) is 0 Å². The third kappa shape index (κ3) is 5.12. The van der Waals surface area contributed by atoms with Crippen molar-refractivity contribution in [2.75, 3.05) is 0 Å². The van der Waals surface area contributed by atoms with Gasteiger partial charge in [0.2, 0.25) is 9.04 Å². The predicted octanol–water partition coefficient (Wildman–Crippen LogP) is 6.08. The maximum absolute atomic E-state index is 13.7. The van der Waals surface area contributed by atoms with Crippen LogP contribution >= 0.6 is 0 Å². The SMILES string of the molecule is C[Si](C)OCc1c(C(C)(C)C)ccn(C2CC(C)(C)Oc3ccc(C(F)(F)F)cc32)c1=O. The summed E-state index contributed by atoms with van der Waals surface area (Å²) in [6, 6.07) is 4.80. The first-order valence-electron chi connectivity index (χ1n) is 10.7. The molecule has 2 aromatic rings. The van der Waals surface area contributed by atoms with Gasteiger partial charge in [-0.2, -0.15) is 13.2 Å². The van der Waals surface area contributed by atoms with E-state index in [0.29, 0.717) is 23.3 Å². The zero-order valence-electron chi connectivity index (χ0n) is 19.7. The minimum Gasteiger partial charge on any atom is -0.487 e. The van der Waals surface area contributed by atoms with Gasteiger partial charge in [0.15, 0.2) is 0 Å². The van der Waals surface area contributed by atoms with Gasteiger partial charge in [-0.25, -0.2) is 0 Å². The molecule has 1 unspecified atom stereocenters. The first kappa shape index (κ1) is 24.6. The van der Waals surface area contributed by atoms with Gasteiger partial charge in [-0.05, 0) is 62.2 Å². The van der Waals surface area contributed by atoms with Gasteiger partial charge in [-0.3, -0.25) is 4.79 Å². The molecule has 175 valence electrons. The highest BCUT2D eigenvalue weighted by Crippen LogP contribution is 2.44. The maximum Gasteiger partial charge on any atom is 0.416 e. The van der Waals surface area contributed by atoms with Gasteiger partial charge >= 0.3 is 6.18 Å². The van der Waals surface area contributed by atoms with E-state index in [9.17, 15) is 18.0 Å². The molecule has 1 atom stereocenters. The quantitative estimate of drug-likeness (QED) is 0.513. The Morgan fingerprint density at radius 2 is 1.84 bits per heavy atom. The molecule has 32 heavy (non-hydrogen) atoms. The lowest BCUT2D eigenvalue weighted by molar-refractivity contribution is -0.137. The number of halogens is 3. The van der Waals surface area contributed by atoms with Gasteiger partial charge < -0.3 is 13.7 Å². The first-order chi connectivity index (χ1) is 14.6. The molecule has 1 aliphatic heterocycles. The number of aromatic nitrogens is 1. The van der Waals surface area contributed by atoms with Crippen molar-refractivity contribution in [3.63, 3.8) is 0 Å². The number of rotatable bonds is 4. The van der Waals surface area contributed by atoms with E-state index in [0.717, 1.165) is 17.7 Å². The second kappa shape index (κ2) is 8.37. The molecule has 1 radical (unpaired) electrons. The highest BCUT2D eigenvalue weighted by molar-refractivity contribution is 6.48. The predicted molar refractivity (Wildman–Crippen MR) is 121 cm³/mol. The minimum atomic E-state index is -4.48. The number of nitrogens with zero attached hydrogens (tertiary/aromatic N) is 1. The largest absolute Gasteiger partial charge is 0.487 e. The molecule has 4 nitrogen and oxygen atoms in total. The summed E-state index contributed by atoms with van der Waals surface area (Å²) in [5.41, 5.74) is -0.0849. The molecule has 0 amide bonds. The lowest BCUT2D eigenvalue weighted by Crippen LogP contribution is -2.41. The molecular formula is C24H31F3NO3Si. The fourth-order valence-electron chi connectivity index (χ4n) is 4.14. The summed E-state index contributed by atoms with van der Waals surface area (Å²) in [6.45, 7) is 14.0. The minimum absolute atomic E-state index is 0.190. The fourth-order valence-corrected chi connectivity index (χ4v) is 4.57. The number of hydrogen-bond acceptors (Lipinski definition) is 3. The second-order valence-electron chi connectivity index (χ2n) is 10.2. The zero-order chi connectivity index (χ0) is 24.1. The average molecular weight is 467 g/mol. The Kier molecular flexibility index (Phi) is 6.43. The molecule has 0 bridgehead atoms. The van der Waals surface area contributed by atoms with Crippen molar-refractivity contribution < 1.29 is 22.3 Å². The standard InChI is InChI=1S/C24H31F3NO3Si/c1-22(2,3)18-10-11-28(21(29)17(18)14-30-32(6)7)19-13-23(4,5)31-20-9-8-15(12-16(19)20)24(25,26)27/h8-12,19H,13-14H2,1-7H3. The number of benzene rings is 1. The Hall–Kier alpha value is -2.06. The number of hydrogen-bond donors (Lipinski definition) is 0. The molecule has 0 fully saturated rings. The van der Waals surface area contributed by atoms with Crippen LogP contribution in [0.1, 0.15) is 69.3 Å². The molecular weight excluding hydrogens is 435 g/mol. The van der Waals surface area contributed by atoms with E-state index in [1.807, 2.05) is 53.8 Å². The highest BCUT2D eigenvalue weighted by Gasteiger charge is 2.39. The van der Waals surface area contributed by atoms with Crippen LogP contribution in [0.3, 0.4) is 0 Å². The summed E-state index contributed by atoms with van der Waals surface area (Å²) >= 11 is 0. The maximum atomic E-state index is 13.7. The van der Waals surface area contributed by atoms with E-state index in [1.165, 1.54) is 6.07 Å². The van der Waals surface area contributed by atoms with Gasteiger partial charge in [-0.15, -0.1) is 0 Å². The van der Waals surface area contributed by atoms with Gasteiger partial charge in [-0.1, -0.05) is 20.8 Å². The van der Waals surface area contributed by atoms with E-state index < -0.39 is 32.4 Å². The molecule has 2 heterocycles. The van der Waals surface area contributed by atoms with Gasteiger partial charge in [0.05, 0.1) is 18.2 Å². The van der Waals surface area contributed by atoms with Crippen molar-refractivity contribution in [3.8, 4) is 5.75 Å². The van der Waals surface area contributed by atoms with Crippen LogP contribution in [0.15, 0.2) is 35.3 Å². The highest BCUT2D eigenvalue weighted by atomic mass is 28.3. The monoisotopic (exact) mass is 466 g/mol. The molecule has 0 N–H and O–H groups in total. The summed E-state index contributed by atoms with van der Waals surface area (Å²) in [7, 11) is -1.03. The second-order valence-corrected chi connectivity index (χ2v) is 12.3. The van der Waals surface area contributed by atoms with Crippen molar-refractivity contribution in [2.24, 2.45) is 0 Å². The number of ether oxygens (including phenoxy) is 1. The molecule has 0 spiro atoms. The smallest absolute Gasteiger partial charge is 0.416 e. The van der Waals surface area contributed by atoms with Crippen LogP contribution in [0.5, 0.6) is 5.75 Å². The third-order valence-electron chi connectivity index (χ3n) is 5.64. The summed E-state index contributed by atoms with van der Waals surface area (Å²) in [6.07, 6.45) is -2.41. The third-order valence-corrected chi connectivity index (χ3v) is 6.36. The van der Waals surface area contributed by atoms with Crippen LogP contribution in [0.2, 0.25) is 13.1 Å². The Bertz CT molecular complexity index is 1050. The molecule has 0 aliphatic carbocycles. The van der Waals surface area contributed by atoms with Gasteiger partial charge in [0, 0.05) is 23.7 Å². The Balaban J connectivity index is 2.21. The summed E-state index contributed by atoms with van der Waals surface area (Å²) < 4.78 is 53.6. The van der Waals surface area contributed by atoms with Gasteiger partial charge in [0.25, 0.3) is 5.56 Å². The van der Waals surface area contributed by atoms with E-state index >= 15 is 0 Å². The van der Waals surface area contributed by atoms with E-state index in [2.05, 4.69) is 0 Å². The number of alkyl halides is 3. The Morgan fingerprint density at radius 1 is 1.19 bits per heavy atom. The lowest BCUT2D eigenvalue weighted by Gasteiger charge is -2.39. The van der Waals surface area contributed by atoms with Crippen LogP contribution in [-0.2, 0) is 22.6 Å². The molecule has 1 aromatic carbocycles. The number of pyridine rings is 1. The normalized spacial score (nSPS) is 18.4. The molecule has 1 aliphatic rings. The van der Waals surface area contributed by atoms with Crippen molar-refractivity contribution >= 4 is 9.04 Å². The van der Waals surface area contributed by atoms with Crippen LogP contribution in [-0.4, -0.2) is 19.2 Å². The Labute approximate surface area is 189 Å². The van der Waals surface area contributed by atoms with E-state index in [1.54, 1.807) is 10.8 Å². The lowest BCUT2D eigenvalue weighted by atomic mass is 9.84. The summed E-state index contributed by atoms with van der Waals surface area (Å²) in [5.74, 6) is 0.372. The Morgan fingerprint density at radius 3 is 2.41 bits per heavy atom.